The van der Waals surface area contributed by atoms with Crippen molar-refractivity contribution >= 4 is 17.8 Å². The maximum atomic E-state index is 13.2. The number of fused-ring (bicyclic) bond motifs is 2. The van der Waals surface area contributed by atoms with Gasteiger partial charge in [-0.25, -0.2) is 0 Å². The minimum atomic E-state index is -1.01. The monoisotopic (exact) mass is 355 g/mol. The number of allylic oxidation sites excluding steroid dienone is 1. The van der Waals surface area contributed by atoms with Crippen molar-refractivity contribution in [3.05, 3.63) is 47.5 Å². The quantitative estimate of drug-likeness (QED) is 0.665. The molecule has 0 aromatic heterocycles. The van der Waals surface area contributed by atoms with Crippen LogP contribution >= 0.6 is 0 Å². The number of rotatable bonds is 4. The molecule has 26 heavy (non-hydrogen) atoms. The number of aliphatic carboxylic acids is 1. The number of carboxylic acid groups (broad SMARTS) is 1. The van der Waals surface area contributed by atoms with E-state index in [0.29, 0.717) is 5.56 Å². The summed E-state index contributed by atoms with van der Waals surface area (Å²) < 4.78 is 0. The summed E-state index contributed by atoms with van der Waals surface area (Å²) in [6.45, 7) is 7.95. The number of hydrogen-bond donors (Lipinski definition) is 1. The van der Waals surface area contributed by atoms with E-state index in [0.717, 1.165) is 5.57 Å². The molecule has 5 heteroatoms. The molecule has 2 aliphatic rings. The van der Waals surface area contributed by atoms with Gasteiger partial charge in [-0.1, -0.05) is 52.0 Å². The molecule has 2 bridgehead atoms. The standard InChI is InChI=1S/C21H25NO4/c1-11(2)14-10-15(12(3)4)18-17(21(25)26)16(14)20(24)22(18)19(23)13-8-6-5-7-9-13/h5-12,14,16-18H,1-4H3,(H,25,26). The fourth-order valence-electron chi connectivity index (χ4n) is 4.37. The molecule has 0 saturated carbocycles. The second kappa shape index (κ2) is 6.71. The highest BCUT2D eigenvalue weighted by Crippen LogP contribution is 2.49. The molecule has 1 aromatic rings. The number of amides is 2. The first-order valence-corrected chi connectivity index (χ1v) is 9.12. The van der Waals surface area contributed by atoms with Crippen molar-refractivity contribution in [1.29, 1.82) is 0 Å². The lowest BCUT2D eigenvalue weighted by atomic mass is 9.68. The van der Waals surface area contributed by atoms with Gasteiger partial charge in [0.15, 0.2) is 0 Å². The van der Waals surface area contributed by atoms with Gasteiger partial charge < -0.3 is 5.11 Å². The van der Waals surface area contributed by atoms with E-state index < -0.39 is 29.8 Å². The van der Waals surface area contributed by atoms with Crippen molar-refractivity contribution in [3.8, 4) is 0 Å². The Hall–Kier alpha value is -2.43. The summed E-state index contributed by atoms with van der Waals surface area (Å²) in [5, 5.41) is 9.89. The van der Waals surface area contributed by atoms with Gasteiger partial charge in [-0.15, -0.1) is 0 Å². The van der Waals surface area contributed by atoms with Crippen LogP contribution < -0.4 is 0 Å². The lowest BCUT2D eigenvalue weighted by Crippen LogP contribution is -2.44. The number of likely N-dealkylation sites (tertiary alicyclic amines) is 1. The minimum absolute atomic E-state index is 0.0565. The van der Waals surface area contributed by atoms with Gasteiger partial charge >= 0.3 is 5.97 Å². The molecule has 1 aliphatic heterocycles. The van der Waals surface area contributed by atoms with Crippen LogP contribution in [0.1, 0.15) is 38.1 Å². The number of carbonyl (C=O) groups is 3. The number of hydrogen-bond acceptors (Lipinski definition) is 3. The van der Waals surface area contributed by atoms with Crippen LogP contribution in [0.4, 0.5) is 0 Å². The molecule has 1 heterocycles. The van der Waals surface area contributed by atoms with Gasteiger partial charge in [0, 0.05) is 5.56 Å². The smallest absolute Gasteiger partial charge is 0.309 e. The van der Waals surface area contributed by atoms with E-state index in [1.165, 1.54) is 4.90 Å². The molecular formula is C21H25NO4. The van der Waals surface area contributed by atoms with E-state index in [1.807, 2.05) is 27.7 Å². The van der Waals surface area contributed by atoms with Crippen molar-refractivity contribution in [3.63, 3.8) is 0 Å². The third-order valence-electron chi connectivity index (χ3n) is 5.63. The number of nitrogens with zero attached hydrogens (tertiary/aromatic N) is 1. The molecule has 138 valence electrons. The van der Waals surface area contributed by atoms with E-state index in [4.69, 9.17) is 0 Å². The zero-order chi connectivity index (χ0) is 19.2. The van der Waals surface area contributed by atoms with Gasteiger partial charge in [-0.3, -0.25) is 19.3 Å². The Kier molecular flexibility index (Phi) is 4.74. The van der Waals surface area contributed by atoms with Crippen LogP contribution in [0.5, 0.6) is 0 Å². The fraction of sp³-hybridized carbons (Fsp3) is 0.476. The van der Waals surface area contributed by atoms with E-state index in [9.17, 15) is 19.5 Å². The molecule has 4 unspecified atom stereocenters. The Balaban J connectivity index is 2.14. The highest BCUT2D eigenvalue weighted by molar-refractivity contribution is 6.09. The molecule has 2 amide bonds. The van der Waals surface area contributed by atoms with Crippen LogP contribution in [0.3, 0.4) is 0 Å². The molecule has 5 nitrogen and oxygen atoms in total. The Labute approximate surface area is 153 Å². The Bertz CT molecular complexity index is 765. The van der Waals surface area contributed by atoms with E-state index in [-0.39, 0.29) is 23.7 Å². The van der Waals surface area contributed by atoms with Crippen molar-refractivity contribution in [2.75, 3.05) is 0 Å². The zero-order valence-corrected chi connectivity index (χ0v) is 15.5. The van der Waals surface area contributed by atoms with Gasteiger partial charge in [0.25, 0.3) is 5.91 Å². The molecule has 1 saturated heterocycles. The maximum absolute atomic E-state index is 13.2. The van der Waals surface area contributed by atoms with E-state index in [2.05, 4.69) is 6.08 Å². The summed E-state index contributed by atoms with van der Waals surface area (Å²) in [6.07, 6.45) is 2.06. The summed E-state index contributed by atoms with van der Waals surface area (Å²) in [6, 6.07) is 7.90. The molecule has 3 rings (SSSR count). The minimum Gasteiger partial charge on any atom is -0.481 e. The highest BCUT2D eigenvalue weighted by Gasteiger charge is 2.60. The third kappa shape index (κ3) is 2.75. The third-order valence-corrected chi connectivity index (χ3v) is 5.63. The first kappa shape index (κ1) is 18.4. The Morgan fingerprint density at radius 2 is 1.69 bits per heavy atom. The maximum Gasteiger partial charge on any atom is 0.309 e. The van der Waals surface area contributed by atoms with Gasteiger partial charge in [0.2, 0.25) is 5.91 Å². The van der Waals surface area contributed by atoms with Gasteiger partial charge in [0.1, 0.15) is 0 Å². The van der Waals surface area contributed by atoms with Gasteiger partial charge in [0.05, 0.1) is 17.9 Å². The second-order valence-electron chi connectivity index (χ2n) is 7.86. The predicted molar refractivity (Wildman–Crippen MR) is 97.3 cm³/mol. The summed E-state index contributed by atoms with van der Waals surface area (Å²) in [7, 11) is 0. The average Bonchev–Trinajstić information content (AvgIpc) is 2.82. The number of benzene rings is 1. The predicted octanol–water partition coefficient (Wildman–Crippen LogP) is 3.22. The molecule has 1 aliphatic carbocycles. The number of carboxylic acids is 1. The average molecular weight is 355 g/mol. The number of carbonyl (C=O) groups excluding carboxylic acids is 2. The first-order chi connectivity index (χ1) is 12.3. The molecule has 4 atom stereocenters. The van der Waals surface area contributed by atoms with Crippen LogP contribution in [0.25, 0.3) is 0 Å². The fourth-order valence-corrected chi connectivity index (χ4v) is 4.37. The van der Waals surface area contributed by atoms with Gasteiger partial charge in [-0.05, 0) is 35.5 Å². The van der Waals surface area contributed by atoms with Crippen LogP contribution in [-0.4, -0.2) is 33.8 Å². The summed E-state index contributed by atoms with van der Waals surface area (Å²) in [5.41, 5.74) is 1.28. The normalized spacial score (nSPS) is 27.8. The highest BCUT2D eigenvalue weighted by atomic mass is 16.4. The second-order valence-corrected chi connectivity index (χ2v) is 7.86. The molecule has 1 fully saturated rings. The van der Waals surface area contributed by atoms with Crippen molar-refractivity contribution in [2.45, 2.75) is 33.7 Å². The SMILES string of the molecule is CC(C)C1=CC(C(C)C)C2C(=O)N(C(=O)c3ccccc3)C1C2C(=O)O. The van der Waals surface area contributed by atoms with Crippen molar-refractivity contribution in [1.82, 2.24) is 4.90 Å². The Morgan fingerprint density at radius 1 is 1.08 bits per heavy atom. The summed E-state index contributed by atoms with van der Waals surface area (Å²) in [4.78, 5) is 39.6. The molecular weight excluding hydrogens is 330 g/mol. The lowest BCUT2D eigenvalue weighted by molar-refractivity contribution is -0.145. The first-order valence-electron chi connectivity index (χ1n) is 9.12. The van der Waals surface area contributed by atoms with E-state index in [1.54, 1.807) is 30.3 Å². The zero-order valence-electron chi connectivity index (χ0n) is 15.5. The molecule has 0 radical (unpaired) electrons. The Morgan fingerprint density at radius 3 is 2.19 bits per heavy atom. The van der Waals surface area contributed by atoms with Crippen molar-refractivity contribution in [2.24, 2.45) is 29.6 Å². The van der Waals surface area contributed by atoms with Crippen LogP contribution in [0.2, 0.25) is 0 Å². The molecule has 0 spiro atoms. The number of imide groups is 1. The lowest BCUT2D eigenvalue weighted by Gasteiger charge is -2.35. The largest absolute Gasteiger partial charge is 0.481 e. The summed E-state index contributed by atoms with van der Waals surface area (Å²) in [5.74, 6) is -3.35. The van der Waals surface area contributed by atoms with Crippen LogP contribution in [0, 0.1) is 29.6 Å². The van der Waals surface area contributed by atoms with Crippen LogP contribution in [0.15, 0.2) is 42.0 Å². The summed E-state index contributed by atoms with van der Waals surface area (Å²) >= 11 is 0. The van der Waals surface area contributed by atoms with Crippen LogP contribution in [-0.2, 0) is 9.59 Å². The van der Waals surface area contributed by atoms with Gasteiger partial charge in [-0.2, -0.15) is 0 Å². The molecule has 1 aromatic carbocycles. The van der Waals surface area contributed by atoms with E-state index >= 15 is 0 Å². The topological polar surface area (TPSA) is 74.7 Å². The molecule has 1 N–H and O–H groups in total. The van der Waals surface area contributed by atoms with Crippen molar-refractivity contribution < 1.29 is 19.5 Å².